The molecule has 0 bridgehead atoms. The van der Waals surface area contributed by atoms with Crippen LogP contribution in [-0.2, 0) is 12.8 Å². The molecule has 0 spiro atoms. The number of aromatic nitrogens is 4. The van der Waals surface area contributed by atoms with Gasteiger partial charge in [0.2, 0.25) is 0 Å². The number of para-hydroxylation sites is 1. The van der Waals surface area contributed by atoms with Gasteiger partial charge in [0.1, 0.15) is 10.8 Å². The van der Waals surface area contributed by atoms with Gasteiger partial charge in [0.15, 0.2) is 11.0 Å². The molecule has 0 N–H and O–H groups in total. The molecule has 2 aromatic heterocycles. The molecule has 0 fully saturated rings. The zero-order chi connectivity index (χ0) is 19.5. The fraction of sp³-hybridized carbons (Fsp3) is 0.190. The topological polar surface area (TPSA) is 52.8 Å². The number of methoxy groups -OCH3 is 1. The Kier molecular flexibility index (Phi) is 5.45. The van der Waals surface area contributed by atoms with E-state index in [1.807, 2.05) is 35.9 Å². The molecule has 0 aliphatic rings. The number of hydrogen-bond donors (Lipinski definition) is 0. The maximum absolute atomic E-state index is 5.45. The van der Waals surface area contributed by atoms with Crippen LogP contribution < -0.4 is 4.74 Å². The highest BCUT2D eigenvalue weighted by Crippen LogP contribution is 2.33. The van der Waals surface area contributed by atoms with Crippen molar-refractivity contribution in [2.75, 3.05) is 7.11 Å². The predicted octanol–water partition coefficient (Wildman–Crippen LogP) is 5.21. The maximum Gasteiger partial charge on any atom is 0.191 e. The largest absolute Gasteiger partial charge is 0.496 e. The van der Waals surface area contributed by atoms with Crippen molar-refractivity contribution in [1.29, 1.82) is 0 Å². The van der Waals surface area contributed by atoms with Gasteiger partial charge < -0.3 is 9.30 Å². The summed E-state index contributed by atoms with van der Waals surface area (Å²) in [5, 5.41) is 12.6. The molecular formula is C21H20N4OS2. The molecule has 5 nitrogen and oxygen atoms in total. The highest BCUT2D eigenvalue weighted by molar-refractivity contribution is 7.98. The number of ether oxygens (including phenoxy) is 1. The van der Waals surface area contributed by atoms with Crippen molar-refractivity contribution >= 4 is 23.1 Å². The minimum Gasteiger partial charge on any atom is -0.496 e. The highest BCUT2D eigenvalue weighted by atomic mass is 32.2. The molecule has 28 heavy (non-hydrogen) atoms. The number of nitrogens with zero attached hydrogens (tertiary/aromatic N) is 4. The van der Waals surface area contributed by atoms with Gasteiger partial charge in [-0.25, -0.2) is 4.98 Å². The van der Waals surface area contributed by atoms with Gasteiger partial charge in [-0.1, -0.05) is 53.7 Å². The molecule has 2 aromatic carbocycles. The fourth-order valence-electron chi connectivity index (χ4n) is 2.85. The lowest BCUT2D eigenvalue weighted by Gasteiger charge is -2.05. The summed E-state index contributed by atoms with van der Waals surface area (Å²) < 4.78 is 7.48. The lowest BCUT2D eigenvalue weighted by atomic mass is 10.1. The van der Waals surface area contributed by atoms with E-state index in [2.05, 4.69) is 46.8 Å². The third-order valence-corrected chi connectivity index (χ3v) is 6.36. The zero-order valence-electron chi connectivity index (χ0n) is 15.9. The summed E-state index contributed by atoms with van der Waals surface area (Å²) in [5.41, 5.74) is 4.34. The molecule has 0 aliphatic carbocycles. The van der Waals surface area contributed by atoms with Crippen molar-refractivity contribution in [3.05, 3.63) is 65.2 Å². The van der Waals surface area contributed by atoms with Gasteiger partial charge in [0.25, 0.3) is 0 Å². The number of hydrogen-bond acceptors (Lipinski definition) is 6. The Bertz CT molecular complexity index is 1090. The third-order valence-electron chi connectivity index (χ3n) is 4.38. The maximum atomic E-state index is 5.45. The Balaban J connectivity index is 1.49. The van der Waals surface area contributed by atoms with Gasteiger partial charge in [-0.2, -0.15) is 0 Å². The molecule has 0 unspecified atom stereocenters. The smallest absolute Gasteiger partial charge is 0.191 e. The standard InChI is InChI=1S/C21H20N4OS2/c1-14-8-10-15(11-9-14)19-23-24-21(25(19)2)28-13-16-12-27-20(22-16)17-6-4-5-7-18(17)26-3/h4-12H,13H2,1-3H3. The summed E-state index contributed by atoms with van der Waals surface area (Å²) in [6.45, 7) is 2.08. The summed E-state index contributed by atoms with van der Waals surface area (Å²) in [7, 11) is 3.68. The first-order valence-corrected chi connectivity index (χ1v) is 10.7. The van der Waals surface area contributed by atoms with Crippen LogP contribution in [0.4, 0.5) is 0 Å². The van der Waals surface area contributed by atoms with E-state index in [4.69, 9.17) is 9.72 Å². The van der Waals surface area contributed by atoms with Crippen LogP contribution in [0.5, 0.6) is 5.75 Å². The van der Waals surface area contributed by atoms with E-state index in [9.17, 15) is 0 Å². The zero-order valence-corrected chi connectivity index (χ0v) is 17.5. The van der Waals surface area contributed by atoms with E-state index < -0.39 is 0 Å². The lowest BCUT2D eigenvalue weighted by molar-refractivity contribution is 0.416. The van der Waals surface area contributed by atoms with Crippen molar-refractivity contribution < 1.29 is 4.74 Å². The highest BCUT2D eigenvalue weighted by Gasteiger charge is 2.13. The molecule has 0 atom stereocenters. The molecule has 4 aromatic rings. The molecule has 7 heteroatoms. The van der Waals surface area contributed by atoms with E-state index in [1.54, 1.807) is 30.2 Å². The minimum atomic E-state index is 0.742. The van der Waals surface area contributed by atoms with Gasteiger partial charge in [0.05, 0.1) is 18.4 Å². The molecule has 0 saturated carbocycles. The van der Waals surface area contributed by atoms with Crippen LogP contribution in [0.25, 0.3) is 22.0 Å². The first kappa shape index (κ1) is 18.7. The average Bonchev–Trinajstić information content (AvgIpc) is 3.34. The van der Waals surface area contributed by atoms with Crippen LogP contribution in [-0.4, -0.2) is 26.9 Å². The van der Waals surface area contributed by atoms with Gasteiger partial charge in [-0.05, 0) is 19.1 Å². The lowest BCUT2D eigenvalue weighted by Crippen LogP contribution is -1.95. The van der Waals surface area contributed by atoms with Gasteiger partial charge >= 0.3 is 0 Å². The molecule has 4 rings (SSSR count). The van der Waals surface area contributed by atoms with Crippen LogP contribution in [0.2, 0.25) is 0 Å². The van der Waals surface area contributed by atoms with Crippen molar-refractivity contribution in [2.45, 2.75) is 17.8 Å². The number of benzene rings is 2. The molecule has 0 amide bonds. The van der Waals surface area contributed by atoms with Crippen LogP contribution in [0, 0.1) is 6.92 Å². The summed E-state index contributed by atoms with van der Waals surface area (Å²) in [5.74, 6) is 2.45. The molecule has 2 heterocycles. The number of aryl methyl sites for hydroxylation is 1. The van der Waals surface area contributed by atoms with Crippen LogP contribution in [0.3, 0.4) is 0 Å². The van der Waals surface area contributed by atoms with E-state index in [-0.39, 0.29) is 0 Å². The summed E-state index contributed by atoms with van der Waals surface area (Å²) >= 11 is 3.27. The van der Waals surface area contributed by atoms with E-state index in [0.717, 1.165) is 44.3 Å². The van der Waals surface area contributed by atoms with Crippen LogP contribution in [0.1, 0.15) is 11.3 Å². The predicted molar refractivity (Wildman–Crippen MR) is 115 cm³/mol. The van der Waals surface area contributed by atoms with E-state index in [0.29, 0.717) is 0 Å². The Morgan fingerprint density at radius 2 is 1.86 bits per heavy atom. The Morgan fingerprint density at radius 3 is 2.64 bits per heavy atom. The fourth-order valence-corrected chi connectivity index (χ4v) is 4.61. The number of rotatable bonds is 6. The van der Waals surface area contributed by atoms with Gasteiger partial charge in [0, 0.05) is 23.7 Å². The minimum absolute atomic E-state index is 0.742. The Morgan fingerprint density at radius 1 is 1.07 bits per heavy atom. The van der Waals surface area contributed by atoms with Crippen LogP contribution in [0.15, 0.2) is 59.1 Å². The first-order valence-electron chi connectivity index (χ1n) is 8.82. The van der Waals surface area contributed by atoms with Crippen molar-refractivity contribution in [3.63, 3.8) is 0 Å². The summed E-state index contributed by atoms with van der Waals surface area (Å²) in [6, 6.07) is 16.3. The van der Waals surface area contributed by atoms with E-state index >= 15 is 0 Å². The van der Waals surface area contributed by atoms with Gasteiger partial charge in [-0.3, -0.25) is 0 Å². The second-order valence-corrected chi connectivity index (χ2v) is 8.16. The summed E-state index contributed by atoms with van der Waals surface area (Å²) in [4.78, 5) is 4.77. The summed E-state index contributed by atoms with van der Waals surface area (Å²) in [6.07, 6.45) is 0. The number of thioether (sulfide) groups is 1. The molecule has 142 valence electrons. The number of thiazole rings is 1. The van der Waals surface area contributed by atoms with Crippen molar-refractivity contribution in [3.8, 4) is 27.7 Å². The van der Waals surface area contributed by atoms with Crippen molar-refractivity contribution in [2.24, 2.45) is 7.05 Å². The molecule has 0 saturated heterocycles. The van der Waals surface area contributed by atoms with Crippen molar-refractivity contribution in [1.82, 2.24) is 19.7 Å². The molecular weight excluding hydrogens is 388 g/mol. The SMILES string of the molecule is COc1ccccc1-c1nc(CSc2nnc(-c3ccc(C)cc3)n2C)cs1. The first-order chi connectivity index (χ1) is 13.7. The second kappa shape index (κ2) is 8.16. The third kappa shape index (κ3) is 3.81. The quantitative estimate of drug-likeness (QED) is 0.410. The average molecular weight is 409 g/mol. The van der Waals surface area contributed by atoms with Crippen LogP contribution >= 0.6 is 23.1 Å². The van der Waals surface area contributed by atoms with Gasteiger partial charge in [-0.15, -0.1) is 21.5 Å². The Hall–Kier alpha value is -2.64. The molecule has 0 radical (unpaired) electrons. The second-order valence-electron chi connectivity index (χ2n) is 6.36. The normalized spacial score (nSPS) is 11.0. The van der Waals surface area contributed by atoms with E-state index in [1.165, 1.54) is 5.56 Å². The molecule has 0 aliphatic heterocycles. The Labute approximate surface area is 172 Å². The monoisotopic (exact) mass is 408 g/mol.